The molecule has 176 valence electrons. The number of likely N-dealkylation sites (tertiary alicyclic amines) is 1. The molecule has 7 nitrogen and oxygen atoms in total. The lowest BCUT2D eigenvalue weighted by atomic mass is 9.90. The van der Waals surface area contributed by atoms with Crippen molar-refractivity contribution in [2.24, 2.45) is 0 Å². The molecule has 2 aromatic carbocycles. The van der Waals surface area contributed by atoms with Gasteiger partial charge in [-0.1, -0.05) is 23.7 Å². The first-order valence-electron chi connectivity index (χ1n) is 11.4. The monoisotopic (exact) mass is 481 g/mol. The first-order chi connectivity index (χ1) is 16.4. The zero-order valence-electron chi connectivity index (χ0n) is 18.8. The number of amides is 1. The Morgan fingerprint density at radius 1 is 1.15 bits per heavy atom. The number of hydrogen-bond donors (Lipinski definition) is 2. The van der Waals surface area contributed by atoms with E-state index in [4.69, 9.17) is 11.6 Å². The first kappa shape index (κ1) is 22.4. The van der Waals surface area contributed by atoms with Gasteiger partial charge >= 0.3 is 0 Å². The number of H-pyrrole nitrogens is 2. The molecule has 9 heteroatoms. The number of imidazole rings is 1. The molecule has 2 aromatic heterocycles. The van der Waals surface area contributed by atoms with E-state index in [-0.39, 0.29) is 23.2 Å². The van der Waals surface area contributed by atoms with Crippen LogP contribution in [0.5, 0.6) is 0 Å². The van der Waals surface area contributed by atoms with Gasteiger partial charge in [0.1, 0.15) is 5.82 Å². The summed E-state index contributed by atoms with van der Waals surface area (Å²) in [4.78, 5) is 34.9. The number of carbonyl (C=O) groups is 1. The molecule has 3 heterocycles. The van der Waals surface area contributed by atoms with Crippen LogP contribution in [0.4, 0.5) is 4.39 Å². The summed E-state index contributed by atoms with van der Waals surface area (Å²) in [5.41, 5.74) is 3.84. The highest BCUT2D eigenvalue weighted by molar-refractivity contribution is 6.31. The largest absolute Gasteiger partial charge is 0.343 e. The summed E-state index contributed by atoms with van der Waals surface area (Å²) in [6.45, 7) is 2.90. The molecule has 34 heavy (non-hydrogen) atoms. The number of nitrogens with one attached hydrogen (secondary N) is 2. The number of aryl methyl sites for hydroxylation is 1. The number of carbonyl (C=O) groups excluding carboxylic acids is 1. The van der Waals surface area contributed by atoms with Crippen LogP contribution in [0.25, 0.3) is 17.0 Å². The predicted molar refractivity (Wildman–Crippen MR) is 129 cm³/mol. The zero-order valence-corrected chi connectivity index (χ0v) is 19.5. The molecule has 0 aliphatic carbocycles. The number of nitrogens with zero attached hydrogens (tertiary/aromatic N) is 3. The maximum Gasteiger partial charge on any atom is 0.277 e. The van der Waals surface area contributed by atoms with Gasteiger partial charge in [-0.2, -0.15) is 4.68 Å². The van der Waals surface area contributed by atoms with E-state index in [0.717, 1.165) is 29.6 Å². The lowest BCUT2D eigenvalue weighted by molar-refractivity contribution is -0.129. The van der Waals surface area contributed by atoms with Crippen molar-refractivity contribution in [3.8, 4) is 5.95 Å². The minimum absolute atomic E-state index is 0.0713. The smallest absolute Gasteiger partial charge is 0.277 e. The third-order valence-corrected chi connectivity index (χ3v) is 6.82. The molecule has 0 spiro atoms. The molecule has 5 rings (SSSR count). The second kappa shape index (κ2) is 9.10. The fraction of sp³-hybridized carbons (Fsp3) is 0.320. The molecule has 0 bridgehead atoms. The van der Waals surface area contributed by atoms with E-state index in [1.165, 1.54) is 16.8 Å². The van der Waals surface area contributed by atoms with Crippen molar-refractivity contribution in [1.29, 1.82) is 0 Å². The lowest BCUT2D eigenvalue weighted by Crippen LogP contribution is -2.36. The Morgan fingerprint density at radius 2 is 1.88 bits per heavy atom. The van der Waals surface area contributed by atoms with Crippen molar-refractivity contribution < 1.29 is 9.18 Å². The van der Waals surface area contributed by atoms with E-state index in [1.54, 1.807) is 37.3 Å². The number of aromatic nitrogens is 4. The highest BCUT2D eigenvalue weighted by Gasteiger charge is 2.28. The Labute approximate surface area is 200 Å². The van der Waals surface area contributed by atoms with E-state index in [1.807, 2.05) is 4.90 Å². The van der Waals surface area contributed by atoms with Crippen molar-refractivity contribution in [3.05, 3.63) is 80.5 Å². The Morgan fingerprint density at radius 3 is 2.59 bits per heavy atom. The molecule has 1 saturated heterocycles. The van der Waals surface area contributed by atoms with Gasteiger partial charge in [0, 0.05) is 42.2 Å². The standard InChI is InChI=1S/C25H25ClFN5O2/c1-15(33)31-12-10-17(11-13-31)23-20(8-4-16-2-6-19(27)7-3-16)24(34)32(30-23)25-28-21-9-5-18(26)14-22(21)29-25/h2-3,5-7,9,14,17,30H,4,8,10-13H2,1H3,(H,28,29). The van der Waals surface area contributed by atoms with Crippen molar-refractivity contribution in [1.82, 2.24) is 24.6 Å². The summed E-state index contributed by atoms with van der Waals surface area (Å²) in [7, 11) is 0. The molecular weight excluding hydrogens is 457 g/mol. The molecule has 0 radical (unpaired) electrons. The van der Waals surface area contributed by atoms with Crippen LogP contribution in [0.2, 0.25) is 5.02 Å². The minimum Gasteiger partial charge on any atom is -0.343 e. The van der Waals surface area contributed by atoms with Crippen LogP contribution in [0.15, 0.2) is 47.3 Å². The maximum absolute atomic E-state index is 13.5. The van der Waals surface area contributed by atoms with Crippen molar-refractivity contribution in [2.45, 2.75) is 38.5 Å². The fourth-order valence-electron chi connectivity index (χ4n) is 4.70. The Hall–Kier alpha value is -3.39. The quantitative estimate of drug-likeness (QED) is 0.444. The first-order valence-corrected chi connectivity index (χ1v) is 11.8. The molecule has 4 aromatic rings. The van der Waals surface area contributed by atoms with Gasteiger partial charge in [0.2, 0.25) is 11.9 Å². The molecule has 1 aliphatic heterocycles. The molecule has 1 aliphatic rings. The van der Waals surface area contributed by atoms with E-state index in [2.05, 4.69) is 15.1 Å². The van der Waals surface area contributed by atoms with Gasteiger partial charge < -0.3 is 9.88 Å². The molecule has 0 unspecified atom stereocenters. The second-order valence-electron chi connectivity index (χ2n) is 8.77. The SMILES string of the molecule is CC(=O)N1CCC(c2[nH]n(-c3nc4ccc(Cl)cc4[nH]3)c(=O)c2CCc2ccc(F)cc2)CC1. The maximum atomic E-state index is 13.5. The number of aromatic amines is 2. The zero-order chi connectivity index (χ0) is 23.8. The van der Waals surface area contributed by atoms with Crippen molar-refractivity contribution in [3.63, 3.8) is 0 Å². The summed E-state index contributed by atoms with van der Waals surface area (Å²) >= 11 is 6.10. The van der Waals surface area contributed by atoms with E-state index in [9.17, 15) is 14.0 Å². The van der Waals surface area contributed by atoms with Crippen LogP contribution in [0.1, 0.15) is 42.5 Å². The van der Waals surface area contributed by atoms with E-state index >= 15 is 0 Å². The summed E-state index contributed by atoms with van der Waals surface area (Å²) in [6.07, 6.45) is 2.68. The van der Waals surface area contributed by atoms with Gasteiger partial charge in [-0.05, 0) is 61.6 Å². The van der Waals surface area contributed by atoms with Crippen LogP contribution >= 0.6 is 11.6 Å². The summed E-state index contributed by atoms with van der Waals surface area (Å²) in [6, 6.07) is 11.7. The van der Waals surface area contributed by atoms with Crippen molar-refractivity contribution in [2.75, 3.05) is 13.1 Å². The third-order valence-electron chi connectivity index (χ3n) is 6.59. The highest BCUT2D eigenvalue weighted by Crippen LogP contribution is 2.29. The summed E-state index contributed by atoms with van der Waals surface area (Å²) < 4.78 is 14.8. The van der Waals surface area contributed by atoms with Crippen LogP contribution in [0.3, 0.4) is 0 Å². The van der Waals surface area contributed by atoms with Crippen LogP contribution in [-0.2, 0) is 17.6 Å². The topological polar surface area (TPSA) is 86.8 Å². The Kier molecular flexibility index (Phi) is 6.00. The van der Waals surface area contributed by atoms with Gasteiger partial charge in [-0.15, -0.1) is 0 Å². The average molecular weight is 482 g/mol. The minimum atomic E-state index is -0.282. The van der Waals surface area contributed by atoms with E-state index < -0.39 is 0 Å². The van der Waals surface area contributed by atoms with Gasteiger partial charge in [-0.3, -0.25) is 14.7 Å². The number of fused-ring (bicyclic) bond motifs is 1. The number of hydrogen-bond acceptors (Lipinski definition) is 3. The molecule has 1 amide bonds. The molecule has 1 fully saturated rings. The number of rotatable bonds is 5. The van der Waals surface area contributed by atoms with Gasteiger partial charge in [0.25, 0.3) is 5.56 Å². The highest BCUT2D eigenvalue weighted by atomic mass is 35.5. The van der Waals surface area contributed by atoms with Crippen molar-refractivity contribution >= 4 is 28.5 Å². The number of benzene rings is 2. The summed E-state index contributed by atoms with van der Waals surface area (Å²) in [5.74, 6) is 0.321. The average Bonchev–Trinajstić information content (AvgIpc) is 3.39. The fourth-order valence-corrected chi connectivity index (χ4v) is 4.87. The van der Waals surface area contributed by atoms with Gasteiger partial charge in [-0.25, -0.2) is 9.37 Å². The second-order valence-corrected chi connectivity index (χ2v) is 9.21. The molecule has 2 N–H and O–H groups in total. The third kappa shape index (κ3) is 4.37. The van der Waals surface area contributed by atoms with E-state index in [0.29, 0.717) is 48.0 Å². The van der Waals surface area contributed by atoms with Crippen LogP contribution in [-0.4, -0.2) is 43.6 Å². The Bertz CT molecular complexity index is 1400. The number of halogens is 2. The van der Waals surface area contributed by atoms with Gasteiger partial charge in [0.05, 0.1) is 11.0 Å². The van der Waals surface area contributed by atoms with Crippen LogP contribution in [0, 0.1) is 5.82 Å². The number of piperidine rings is 1. The predicted octanol–water partition coefficient (Wildman–Crippen LogP) is 4.35. The molecular formula is C25H25ClFN5O2. The Balaban J connectivity index is 1.50. The van der Waals surface area contributed by atoms with Crippen LogP contribution < -0.4 is 5.56 Å². The molecule has 0 atom stereocenters. The van der Waals surface area contributed by atoms with Gasteiger partial charge in [0.15, 0.2) is 0 Å². The normalized spacial score (nSPS) is 14.7. The lowest BCUT2D eigenvalue weighted by Gasteiger charge is -2.31. The molecule has 0 saturated carbocycles. The summed E-state index contributed by atoms with van der Waals surface area (Å²) in [5, 5.41) is 3.90.